The molecule has 0 fully saturated rings. The van der Waals surface area contributed by atoms with Crippen molar-refractivity contribution in [1.82, 2.24) is 14.8 Å². The summed E-state index contributed by atoms with van der Waals surface area (Å²) >= 11 is 1.10. The Kier molecular flexibility index (Phi) is 4.76. The van der Waals surface area contributed by atoms with Crippen LogP contribution in [0.25, 0.3) is 0 Å². The Morgan fingerprint density at radius 1 is 1.73 bits per heavy atom. The summed E-state index contributed by atoms with van der Waals surface area (Å²) < 4.78 is 12.6. The van der Waals surface area contributed by atoms with Crippen molar-refractivity contribution in [3.05, 3.63) is 6.33 Å². The number of carboxylic acids is 1. The van der Waals surface area contributed by atoms with E-state index in [1.165, 1.54) is 6.33 Å². The van der Waals surface area contributed by atoms with Gasteiger partial charge in [0.15, 0.2) is 5.16 Å². The molecule has 0 spiro atoms. The van der Waals surface area contributed by atoms with E-state index in [1.807, 2.05) is 0 Å². The van der Waals surface area contributed by atoms with Gasteiger partial charge in [0, 0.05) is 29.4 Å². The fourth-order valence-corrected chi connectivity index (χ4v) is 1.98. The molecule has 0 amide bonds. The zero-order valence-corrected chi connectivity index (χ0v) is 9.75. The number of carboxylic acid groups (broad SMARTS) is 1. The largest absolute Gasteiger partial charge is 0.481 e. The lowest BCUT2D eigenvalue weighted by atomic mass is 10.7. The first-order valence-corrected chi connectivity index (χ1v) is 6.83. The van der Waals surface area contributed by atoms with E-state index in [1.54, 1.807) is 10.8 Å². The number of thioether (sulfide) groups is 1. The quantitative estimate of drug-likeness (QED) is 0.705. The molecule has 1 atom stereocenters. The van der Waals surface area contributed by atoms with Gasteiger partial charge in [-0.25, -0.2) is 0 Å². The van der Waals surface area contributed by atoms with E-state index >= 15 is 0 Å². The van der Waals surface area contributed by atoms with E-state index in [0.717, 1.165) is 11.8 Å². The van der Waals surface area contributed by atoms with Gasteiger partial charge in [0.05, 0.1) is 5.75 Å². The number of aromatic nitrogens is 3. The minimum atomic E-state index is -0.895. The molecule has 0 aliphatic heterocycles. The van der Waals surface area contributed by atoms with Crippen molar-refractivity contribution in [2.24, 2.45) is 0 Å². The first-order chi connectivity index (χ1) is 7.09. The van der Waals surface area contributed by atoms with Crippen molar-refractivity contribution in [1.29, 1.82) is 0 Å². The lowest BCUT2D eigenvalue weighted by molar-refractivity contribution is -0.133. The van der Waals surface area contributed by atoms with Crippen molar-refractivity contribution >= 4 is 28.5 Å². The van der Waals surface area contributed by atoms with Crippen LogP contribution >= 0.6 is 11.8 Å². The summed E-state index contributed by atoms with van der Waals surface area (Å²) in [5.74, 6) is -0.430. The van der Waals surface area contributed by atoms with E-state index < -0.39 is 16.8 Å². The Labute approximate surface area is 93.5 Å². The molecular formula is C7H11N3O3S2. The third kappa shape index (κ3) is 4.43. The van der Waals surface area contributed by atoms with Crippen molar-refractivity contribution in [2.75, 3.05) is 17.8 Å². The second-order valence-corrected chi connectivity index (χ2v) is 5.26. The van der Waals surface area contributed by atoms with Crippen molar-refractivity contribution < 1.29 is 14.1 Å². The summed E-state index contributed by atoms with van der Waals surface area (Å²) in [5.41, 5.74) is 0. The van der Waals surface area contributed by atoms with Gasteiger partial charge in [0.25, 0.3) is 0 Å². The molecule has 15 heavy (non-hydrogen) atoms. The van der Waals surface area contributed by atoms with Crippen LogP contribution in [0.2, 0.25) is 0 Å². The third-order valence-corrected chi connectivity index (χ3v) is 3.25. The summed E-state index contributed by atoms with van der Waals surface area (Å²) in [6.07, 6.45) is 3.13. The van der Waals surface area contributed by atoms with Gasteiger partial charge in [-0.3, -0.25) is 9.00 Å². The molecule has 0 saturated heterocycles. The molecule has 0 bridgehead atoms. The first kappa shape index (κ1) is 12.2. The average Bonchev–Trinajstić information content (AvgIpc) is 2.58. The van der Waals surface area contributed by atoms with Crippen molar-refractivity contribution in [3.63, 3.8) is 0 Å². The molecule has 8 heteroatoms. The predicted molar refractivity (Wildman–Crippen MR) is 57.3 cm³/mol. The van der Waals surface area contributed by atoms with Gasteiger partial charge in [0.1, 0.15) is 6.33 Å². The van der Waals surface area contributed by atoms with Crippen molar-refractivity contribution in [3.8, 4) is 0 Å². The number of carbonyl (C=O) groups is 1. The second kappa shape index (κ2) is 5.86. The maximum atomic E-state index is 10.9. The Morgan fingerprint density at radius 2 is 2.47 bits per heavy atom. The highest BCUT2D eigenvalue weighted by Crippen LogP contribution is 2.13. The molecule has 0 aromatic carbocycles. The van der Waals surface area contributed by atoms with E-state index in [9.17, 15) is 9.00 Å². The monoisotopic (exact) mass is 249 g/mol. The van der Waals surface area contributed by atoms with Gasteiger partial charge in [-0.05, 0) is 0 Å². The molecule has 1 unspecified atom stereocenters. The highest BCUT2D eigenvalue weighted by Gasteiger charge is 2.07. The van der Waals surface area contributed by atoms with Crippen LogP contribution in [0.1, 0.15) is 0 Å². The van der Waals surface area contributed by atoms with E-state index in [0.29, 0.717) is 17.5 Å². The van der Waals surface area contributed by atoms with Crippen LogP contribution in [0.15, 0.2) is 11.5 Å². The van der Waals surface area contributed by atoms with Crippen LogP contribution in [-0.2, 0) is 22.1 Å². The van der Waals surface area contributed by atoms with Gasteiger partial charge >= 0.3 is 5.97 Å². The fourth-order valence-electron chi connectivity index (χ4n) is 0.863. The average molecular weight is 249 g/mol. The lowest BCUT2D eigenvalue weighted by Crippen LogP contribution is -2.08. The highest BCUT2D eigenvalue weighted by molar-refractivity contribution is 7.99. The molecule has 0 radical (unpaired) electrons. The molecule has 0 saturated carbocycles. The van der Waals surface area contributed by atoms with E-state index in [4.69, 9.17) is 5.11 Å². The van der Waals surface area contributed by atoms with Crippen LogP contribution in [0, 0.1) is 0 Å². The Hall–Kier alpha value is -0.890. The Morgan fingerprint density at radius 3 is 3.07 bits per heavy atom. The van der Waals surface area contributed by atoms with Gasteiger partial charge in [-0.1, -0.05) is 11.8 Å². The number of hydrogen-bond donors (Lipinski definition) is 1. The third-order valence-electron chi connectivity index (χ3n) is 1.52. The lowest BCUT2D eigenvalue weighted by Gasteiger charge is -2.02. The molecule has 1 N–H and O–H groups in total. The maximum absolute atomic E-state index is 10.9. The van der Waals surface area contributed by atoms with Gasteiger partial charge in [-0.15, -0.1) is 10.2 Å². The topological polar surface area (TPSA) is 85.1 Å². The first-order valence-electron chi connectivity index (χ1n) is 4.12. The van der Waals surface area contributed by atoms with Gasteiger partial charge in [0.2, 0.25) is 0 Å². The van der Waals surface area contributed by atoms with Crippen LogP contribution in [0.4, 0.5) is 0 Å². The minimum Gasteiger partial charge on any atom is -0.481 e. The highest BCUT2D eigenvalue weighted by atomic mass is 32.2. The van der Waals surface area contributed by atoms with Gasteiger partial charge < -0.3 is 9.67 Å². The second-order valence-electron chi connectivity index (χ2n) is 2.77. The Bertz CT molecular complexity index is 334. The molecule has 84 valence electrons. The molecule has 0 aliphatic carbocycles. The molecule has 1 rings (SSSR count). The zero-order valence-electron chi connectivity index (χ0n) is 8.12. The SMILES string of the molecule is CS(=O)CCn1cnnc1SCC(=O)O. The van der Waals surface area contributed by atoms with E-state index in [2.05, 4.69) is 10.2 Å². The van der Waals surface area contributed by atoms with Crippen LogP contribution in [0.5, 0.6) is 0 Å². The number of nitrogens with zero attached hydrogens (tertiary/aromatic N) is 3. The predicted octanol–water partition coefficient (Wildman–Crippen LogP) is -0.167. The number of aryl methyl sites for hydroxylation is 1. The molecule has 1 heterocycles. The zero-order chi connectivity index (χ0) is 11.3. The molecule has 1 aromatic rings. The molecular weight excluding hydrogens is 238 g/mol. The molecule has 1 aromatic heterocycles. The number of aliphatic carboxylic acids is 1. The summed E-state index contributed by atoms with van der Waals surface area (Å²) in [5, 5.41) is 16.5. The summed E-state index contributed by atoms with van der Waals surface area (Å²) in [6, 6.07) is 0. The summed E-state index contributed by atoms with van der Waals surface area (Å²) in [7, 11) is -0.873. The molecule has 0 aliphatic rings. The molecule has 6 nitrogen and oxygen atoms in total. The summed E-state index contributed by atoms with van der Waals surface area (Å²) in [4.78, 5) is 10.3. The van der Waals surface area contributed by atoms with Crippen LogP contribution in [0.3, 0.4) is 0 Å². The minimum absolute atomic E-state index is 0.0477. The van der Waals surface area contributed by atoms with E-state index in [-0.39, 0.29) is 5.75 Å². The number of rotatable bonds is 6. The Balaban J connectivity index is 2.53. The standard InChI is InChI=1S/C7H11N3O3S2/c1-15(13)3-2-10-5-8-9-7(10)14-4-6(11)12/h5H,2-4H2,1H3,(H,11,12). The maximum Gasteiger partial charge on any atom is 0.313 e. The van der Waals surface area contributed by atoms with Crippen molar-refractivity contribution in [2.45, 2.75) is 11.7 Å². The van der Waals surface area contributed by atoms with Crippen LogP contribution in [-0.4, -0.2) is 47.8 Å². The summed E-state index contributed by atoms with van der Waals surface area (Å²) in [6.45, 7) is 0.540. The smallest absolute Gasteiger partial charge is 0.313 e. The fraction of sp³-hybridized carbons (Fsp3) is 0.571. The normalized spacial score (nSPS) is 12.6. The number of hydrogen-bond acceptors (Lipinski definition) is 5. The van der Waals surface area contributed by atoms with Crippen LogP contribution < -0.4 is 0 Å². The van der Waals surface area contributed by atoms with Gasteiger partial charge in [-0.2, -0.15) is 0 Å².